The first-order chi connectivity index (χ1) is 10.8. The Labute approximate surface area is 130 Å². The van der Waals surface area contributed by atoms with Crippen LogP contribution in [0.4, 0.5) is 0 Å². The van der Waals surface area contributed by atoms with Gasteiger partial charge in [0.05, 0.1) is 0 Å². The molecule has 2 aliphatic carbocycles. The molecule has 0 nitrogen and oxygen atoms in total. The quantitative estimate of drug-likeness (QED) is 0.404. The van der Waals surface area contributed by atoms with Crippen molar-refractivity contribution in [1.29, 1.82) is 0 Å². The zero-order valence-corrected chi connectivity index (χ0v) is 12.6. The average Bonchev–Trinajstić information content (AvgIpc) is 3.12. The van der Waals surface area contributed by atoms with Gasteiger partial charge in [0, 0.05) is 0 Å². The molecule has 22 heavy (non-hydrogen) atoms. The van der Waals surface area contributed by atoms with Crippen LogP contribution >= 0.6 is 0 Å². The molecule has 0 atom stereocenters. The van der Waals surface area contributed by atoms with E-state index in [1.165, 1.54) is 49.7 Å². The highest BCUT2D eigenvalue weighted by atomic mass is 14.2. The van der Waals surface area contributed by atoms with Gasteiger partial charge in [-0.3, -0.25) is 0 Å². The first-order valence-electron chi connectivity index (χ1n) is 7.84. The van der Waals surface area contributed by atoms with Crippen molar-refractivity contribution < 1.29 is 0 Å². The molecule has 0 aromatic heterocycles. The second-order valence-corrected chi connectivity index (χ2v) is 6.35. The fraction of sp³-hybridized carbons (Fsp3) is 0.0909. The number of fused-ring (bicyclic) bond motifs is 1. The van der Waals surface area contributed by atoms with Gasteiger partial charge in [-0.2, -0.15) is 0 Å². The predicted molar refractivity (Wildman–Crippen MR) is 95.7 cm³/mol. The fourth-order valence-electron chi connectivity index (χ4n) is 3.93. The Morgan fingerprint density at radius 3 is 2.50 bits per heavy atom. The second kappa shape index (κ2) is 4.20. The molecule has 0 heterocycles. The largest absolute Gasteiger partial charge is 0.0683 e. The van der Waals surface area contributed by atoms with E-state index in [0.29, 0.717) is 0 Å². The van der Waals surface area contributed by atoms with Gasteiger partial charge in [0.2, 0.25) is 0 Å². The predicted octanol–water partition coefficient (Wildman–Crippen LogP) is 5.95. The molecular weight excluding hydrogens is 264 g/mol. The van der Waals surface area contributed by atoms with Crippen LogP contribution in [0.3, 0.4) is 0 Å². The smallest absolute Gasteiger partial charge is 0.00326 e. The molecule has 0 aliphatic heterocycles. The van der Waals surface area contributed by atoms with Crippen molar-refractivity contribution in [3.63, 3.8) is 0 Å². The first-order valence-corrected chi connectivity index (χ1v) is 7.84. The monoisotopic (exact) mass is 280 g/mol. The summed E-state index contributed by atoms with van der Waals surface area (Å²) >= 11 is 0. The minimum absolute atomic E-state index is 1.09. The maximum Gasteiger partial charge on any atom is -0.00326 e. The Kier molecular flexibility index (Phi) is 2.29. The summed E-state index contributed by atoms with van der Waals surface area (Å²) in [6, 6.07) is 17.9. The van der Waals surface area contributed by atoms with Gasteiger partial charge in [0.25, 0.3) is 0 Å². The molecule has 0 spiro atoms. The van der Waals surface area contributed by atoms with Gasteiger partial charge in [-0.15, -0.1) is 0 Å². The lowest BCUT2D eigenvalue weighted by Crippen LogP contribution is -1.89. The molecule has 104 valence electrons. The van der Waals surface area contributed by atoms with Gasteiger partial charge in [-0.05, 0) is 57.5 Å². The molecule has 0 saturated heterocycles. The molecule has 5 rings (SSSR count). The lowest BCUT2D eigenvalue weighted by Gasteiger charge is -2.12. The van der Waals surface area contributed by atoms with E-state index in [1.54, 1.807) is 0 Å². The van der Waals surface area contributed by atoms with Crippen LogP contribution in [0.15, 0.2) is 54.1 Å². The van der Waals surface area contributed by atoms with Crippen LogP contribution in [0.1, 0.15) is 29.2 Å². The summed E-state index contributed by atoms with van der Waals surface area (Å²) in [4.78, 5) is 0. The molecule has 0 unspecified atom stereocenters. The van der Waals surface area contributed by atoms with Crippen molar-refractivity contribution in [3.8, 4) is 11.1 Å². The molecule has 0 radical (unpaired) electrons. The molecular formula is C22H16. The highest BCUT2D eigenvalue weighted by molar-refractivity contribution is 6.10. The third kappa shape index (κ3) is 1.52. The van der Waals surface area contributed by atoms with Gasteiger partial charge in [-0.1, -0.05) is 72.3 Å². The SMILES string of the molecule is CC1=Cc2c(cccc2-c2ccc3c4c(cccc24)C=C3)C1. The molecule has 0 amide bonds. The zero-order valence-electron chi connectivity index (χ0n) is 12.6. The zero-order chi connectivity index (χ0) is 14.7. The summed E-state index contributed by atoms with van der Waals surface area (Å²) < 4.78 is 0. The number of benzene rings is 3. The molecule has 0 heteroatoms. The Balaban J connectivity index is 1.87. The van der Waals surface area contributed by atoms with Crippen molar-refractivity contribution in [2.45, 2.75) is 13.3 Å². The van der Waals surface area contributed by atoms with E-state index in [0.717, 1.165) is 6.42 Å². The van der Waals surface area contributed by atoms with Crippen LogP contribution in [0.2, 0.25) is 0 Å². The molecule has 0 fully saturated rings. The molecule has 0 saturated carbocycles. The van der Waals surface area contributed by atoms with Crippen LogP contribution in [0, 0.1) is 0 Å². The minimum Gasteiger partial charge on any atom is -0.0683 e. The fourth-order valence-corrected chi connectivity index (χ4v) is 3.93. The highest BCUT2D eigenvalue weighted by Gasteiger charge is 2.17. The minimum atomic E-state index is 1.09. The van der Waals surface area contributed by atoms with Gasteiger partial charge < -0.3 is 0 Å². The summed E-state index contributed by atoms with van der Waals surface area (Å²) in [7, 11) is 0. The lowest BCUT2D eigenvalue weighted by atomic mass is 9.91. The van der Waals surface area contributed by atoms with E-state index in [4.69, 9.17) is 0 Å². The van der Waals surface area contributed by atoms with Crippen molar-refractivity contribution in [1.82, 2.24) is 0 Å². The van der Waals surface area contributed by atoms with E-state index < -0.39 is 0 Å². The third-order valence-corrected chi connectivity index (χ3v) is 4.89. The van der Waals surface area contributed by atoms with Crippen molar-refractivity contribution >= 4 is 29.0 Å². The van der Waals surface area contributed by atoms with E-state index in [-0.39, 0.29) is 0 Å². The Morgan fingerprint density at radius 2 is 1.59 bits per heavy atom. The van der Waals surface area contributed by atoms with E-state index in [2.05, 4.69) is 73.7 Å². The van der Waals surface area contributed by atoms with Gasteiger partial charge in [-0.25, -0.2) is 0 Å². The summed E-state index contributed by atoms with van der Waals surface area (Å²) in [6.07, 6.45) is 7.89. The summed E-state index contributed by atoms with van der Waals surface area (Å²) in [5.74, 6) is 0. The summed E-state index contributed by atoms with van der Waals surface area (Å²) in [6.45, 7) is 2.22. The first kappa shape index (κ1) is 12.0. The second-order valence-electron chi connectivity index (χ2n) is 6.35. The van der Waals surface area contributed by atoms with Crippen molar-refractivity contribution in [2.24, 2.45) is 0 Å². The van der Waals surface area contributed by atoms with Crippen LogP contribution < -0.4 is 0 Å². The summed E-state index contributed by atoms with van der Waals surface area (Å²) in [5.41, 5.74) is 9.72. The standard InChI is InChI=1S/C22H16/c1-14-12-17-5-3-6-18(21(17)13-14)19-11-10-16-9-8-15-4-2-7-20(19)22(15)16/h2-11,13H,12H2,1H3. The van der Waals surface area contributed by atoms with Gasteiger partial charge in [0.15, 0.2) is 0 Å². The number of rotatable bonds is 1. The van der Waals surface area contributed by atoms with E-state index in [9.17, 15) is 0 Å². The average molecular weight is 280 g/mol. The number of hydrogen-bond donors (Lipinski definition) is 0. The molecule has 3 aromatic carbocycles. The number of allylic oxidation sites excluding steroid dienone is 1. The van der Waals surface area contributed by atoms with E-state index >= 15 is 0 Å². The van der Waals surface area contributed by atoms with Crippen LogP contribution in [0.5, 0.6) is 0 Å². The normalized spacial score (nSPS) is 14.5. The maximum atomic E-state index is 2.35. The topological polar surface area (TPSA) is 0 Å². The Morgan fingerprint density at radius 1 is 0.773 bits per heavy atom. The Bertz CT molecular complexity index is 988. The van der Waals surface area contributed by atoms with Crippen molar-refractivity contribution in [3.05, 3.63) is 76.4 Å². The highest BCUT2D eigenvalue weighted by Crippen LogP contribution is 2.40. The molecule has 3 aromatic rings. The van der Waals surface area contributed by atoms with E-state index in [1.807, 2.05) is 0 Å². The molecule has 2 aliphatic rings. The van der Waals surface area contributed by atoms with Crippen LogP contribution in [0.25, 0.3) is 40.1 Å². The van der Waals surface area contributed by atoms with Crippen LogP contribution in [-0.4, -0.2) is 0 Å². The molecule has 0 bridgehead atoms. The van der Waals surface area contributed by atoms with Crippen molar-refractivity contribution in [2.75, 3.05) is 0 Å². The lowest BCUT2D eigenvalue weighted by molar-refractivity contribution is 1.20. The summed E-state index contributed by atoms with van der Waals surface area (Å²) in [5, 5.41) is 2.77. The van der Waals surface area contributed by atoms with Crippen LogP contribution in [-0.2, 0) is 6.42 Å². The third-order valence-electron chi connectivity index (χ3n) is 4.89. The molecule has 0 N–H and O–H groups in total. The van der Waals surface area contributed by atoms with Gasteiger partial charge in [0.1, 0.15) is 0 Å². The number of hydrogen-bond acceptors (Lipinski definition) is 0. The maximum absolute atomic E-state index is 2.35. The van der Waals surface area contributed by atoms with Gasteiger partial charge >= 0.3 is 0 Å². The Hall–Kier alpha value is -2.60.